The first-order valence-electron chi connectivity index (χ1n) is 9.07. The Morgan fingerprint density at radius 1 is 1.12 bits per heavy atom. The second kappa shape index (κ2) is 6.14. The molecule has 26 heavy (non-hydrogen) atoms. The lowest BCUT2D eigenvalue weighted by Crippen LogP contribution is -2.41. The largest absolute Gasteiger partial charge is 0.494 e. The Balaban J connectivity index is 1.81. The Morgan fingerprint density at radius 2 is 1.65 bits per heavy atom. The topological polar surface area (TPSA) is 79.5 Å². The van der Waals surface area contributed by atoms with Crippen molar-refractivity contribution >= 4 is 22.6 Å². The van der Waals surface area contributed by atoms with E-state index in [4.69, 9.17) is 14.8 Å². The fourth-order valence-electron chi connectivity index (χ4n) is 3.34. The maximum Gasteiger partial charge on any atom is 0.494 e. The van der Waals surface area contributed by atoms with Gasteiger partial charge in [0.2, 0.25) is 6.04 Å². The van der Waals surface area contributed by atoms with Crippen LogP contribution in [0.25, 0.3) is 0 Å². The first-order valence-corrected chi connectivity index (χ1v) is 10.6. The summed E-state index contributed by atoms with van der Waals surface area (Å²) in [7, 11) is -4.02. The van der Waals surface area contributed by atoms with E-state index in [1.807, 2.05) is 45.9 Å². The van der Waals surface area contributed by atoms with Crippen LogP contribution >= 0.6 is 0 Å². The monoisotopic (exact) mass is 379 g/mol. The van der Waals surface area contributed by atoms with Crippen molar-refractivity contribution in [2.24, 2.45) is 0 Å². The number of fused-ring (bicyclic) bond motifs is 1. The number of benzene rings is 1. The van der Waals surface area contributed by atoms with Crippen molar-refractivity contribution in [2.75, 3.05) is 0 Å². The van der Waals surface area contributed by atoms with Gasteiger partial charge in [0.1, 0.15) is 5.25 Å². The van der Waals surface area contributed by atoms with Crippen molar-refractivity contribution in [1.29, 1.82) is 5.53 Å². The molecule has 1 aliphatic carbocycles. The molecule has 1 unspecified atom stereocenters. The summed E-state index contributed by atoms with van der Waals surface area (Å²) in [5.41, 5.74) is 10.4. The van der Waals surface area contributed by atoms with E-state index in [0.717, 1.165) is 20.7 Å². The molecule has 0 saturated carbocycles. The number of nitrogens with one attached hydrogen (secondary N) is 1. The van der Waals surface area contributed by atoms with Gasteiger partial charge in [0, 0.05) is 12.8 Å². The summed E-state index contributed by atoms with van der Waals surface area (Å²) in [6.07, 6.45) is 1.10. The maximum atomic E-state index is 12.3. The lowest BCUT2D eigenvalue weighted by atomic mass is 9.78. The third kappa shape index (κ3) is 3.12. The molecule has 0 amide bonds. The maximum absolute atomic E-state index is 12.3. The van der Waals surface area contributed by atoms with Crippen molar-refractivity contribution in [1.82, 2.24) is 0 Å². The molecule has 1 fully saturated rings. The van der Waals surface area contributed by atoms with Crippen LogP contribution in [0.15, 0.2) is 18.2 Å². The predicted octanol–water partition coefficient (Wildman–Crippen LogP) is 2.23. The van der Waals surface area contributed by atoms with E-state index >= 15 is 0 Å². The van der Waals surface area contributed by atoms with Crippen molar-refractivity contribution < 1.29 is 21.8 Å². The second-order valence-electron chi connectivity index (χ2n) is 8.57. The normalized spacial score (nSPS) is 24.1. The Bertz CT molecular complexity index is 833. The molecule has 1 N–H and O–H groups in total. The van der Waals surface area contributed by atoms with Crippen LogP contribution in [0, 0.1) is 5.53 Å². The summed E-state index contributed by atoms with van der Waals surface area (Å²) in [5.74, 6) is 0. The first-order chi connectivity index (χ1) is 11.8. The standard InChI is InChI=1S/C18H28BN2O4S/c1-12(2)26(22,23)21(20)16-10-13-7-8-15(9-14(13)11-16)19-24-17(3,4)18(5,6)25-19/h7-9,12,16,20H,10-11H2,1-6H3/q+1. The van der Waals surface area contributed by atoms with E-state index in [1.165, 1.54) is 0 Å². The van der Waals surface area contributed by atoms with Gasteiger partial charge in [-0.1, -0.05) is 18.2 Å². The van der Waals surface area contributed by atoms with E-state index in [2.05, 4.69) is 0 Å². The average molecular weight is 379 g/mol. The highest BCUT2D eigenvalue weighted by atomic mass is 32.2. The summed E-state index contributed by atoms with van der Waals surface area (Å²) in [6, 6.07) is 5.67. The van der Waals surface area contributed by atoms with Crippen LogP contribution in [0.3, 0.4) is 0 Å². The van der Waals surface area contributed by atoms with Crippen molar-refractivity contribution in [3.63, 3.8) is 0 Å². The molecule has 1 saturated heterocycles. The molecule has 142 valence electrons. The number of hydrogen-bond acceptors (Lipinski definition) is 5. The zero-order valence-electron chi connectivity index (χ0n) is 16.4. The molecule has 1 aliphatic heterocycles. The van der Waals surface area contributed by atoms with Gasteiger partial charge in [0.05, 0.1) is 11.2 Å². The third-order valence-electron chi connectivity index (χ3n) is 5.87. The molecule has 1 heterocycles. The van der Waals surface area contributed by atoms with Crippen LogP contribution in [0.5, 0.6) is 0 Å². The lowest BCUT2D eigenvalue weighted by molar-refractivity contribution is -0.506. The quantitative estimate of drug-likeness (QED) is 0.494. The number of sulfonamides is 1. The van der Waals surface area contributed by atoms with Crippen molar-refractivity contribution in [3.8, 4) is 0 Å². The predicted molar refractivity (Wildman–Crippen MR) is 100 cm³/mol. The Hall–Kier alpha value is -1.25. The van der Waals surface area contributed by atoms with Gasteiger partial charge in [0.25, 0.3) is 0 Å². The summed E-state index contributed by atoms with van der Waals surface area (Å²) in [6.45, 7) is 11.3. The van der Waals surface area contributed by atoms with Crippen LogP contribution in [-0.4, -0.2) is 42.1 Å². The first kappa shape index (κ1) is 19.5. The molecule has 0 bridgehead atoms. The van der Waals surface area contributed by atoms with E-state index in [-0.39, 0.29) is 6.04 Å². The SMILES string of the molecule is CC(C)S(=O)(=O)[N+](=N)C1Cc2ccc(B3OC(C)(C)C(C)(C)O3)cc2C1. The van der Waals surface area contributed by atoms with E-state index in [0.29, 0.717) is 12.8 Å². The smallest absolute Gasteiger partial charge is 0.399 e. The fourth-order valence-corrected chi connectivity index (χ4v) is 4.36. The molecule has 0 spiro atoms. The van der Waals surface area contributed by atoms with Crippen LogP contribution in [0.2, 0.25) is 0 Å². The van der Waals surface area contributed by atoms with Gasteiger partial charge >= 0.3 is 17.1 Å². The van der Waals surface area contributed by atoms with Crippen molar-refractivity contribution in [3.05, 3.63) is 29.3 Å². The van der Waals surface area contributed by atoms with E-state index in [1.54, 1.807) is 13.8 Å². The molecule has 1 aromatic rings. The average Bonchev–Trinajstić information content (AvgIpc) is 3.03. The number of rotatable bonds is 4. The highest BCUT2D eigenvalue weighted by Gasteiger charge is 2.52. The summed E-state index contributed by atoms with van der Waals surface area (Å²) in [5, 5.41) is -0.593. The minimum atomic E-state index is -3.58. The van der Waals surface area contributed by atoms with Gasteiger partial charge in [0.15, 0.2) is 0 Å². The molecular formula is C18H28BN2O4S+. The van der Waals surface area contributed by atoms with Crippen LogP contribution in [-0.2, 0) is 32.2 Å². The number of hydrogen-bond donors (Lipinski definition) is 1. The van der Waals surface area contributed by atoms with Gasteiger partial charge in [-0.15, -0.1) is 0 Å². The molecule has 8 heteroatoms. The Kier molecular flexibility index (Phi) is 4.61. The summed E-state index contributed by atoms with van der Waals surface area (Å²) >= 11 is 0. The molecule has 3 rings (SSSR count). The minimum absolute atomic E-state index is 0.356. The Morgan fingerprint density at radius 3 is 2.19 bits per heavy atom. The summed E-state index contributed by atoms with van der Waals surface area (Å²) < 4.78 is 37.6. The fraction of sp³-hybridized carbons (Fsp3) is 0.667. The van der Waals surface area contributed by atoms with Gasteiger partial charge in [-0.05, 0) is 67.8 Å². The third-order valence-corrected chi connectivity index (χ3v) is 7.91. The zero-order valence-corrected chi connectivity index (χ0v) is 17.2. The number of nitrogens with zero attached hydrogens (tertiary/aromatic N) is 1. The highest BCUT2D eigenvalue weighted by molar-refractivity contribution is 7.85. The second-order valence-corrected chi connectivity index (χ2v) is 10.9. The van der Waals surface area contributed by atoms with Crippen molar-refractivity contribution in [2.45, 2.75) is 76.9 Å². The summed E-state index contributed by atoms with van der Waals surface area (Å²) in [4.78, 5) is 0. The van der Waals surface area contributed by atoms with Gasteiger partial charge in [-0.25, -0.2) is 0 Å². The van der Waals surface area contributed by atoms with E-state index in [9.17, 15) is 8.42 Å². The molecule has 1 atom stereocenters. The molecule has 1 aromatic carbocycles. The highest BCUT2D eigenvalue weighted by Crippen LogP contribution is 2.37. The molecular weight excluding hydrogens is 351 g/mol. The molecule has 0 aromatic heterocycles. The van der Waals surface area contributed by atoms with Gasteiger partial charge < -0.3 is 9.31 Å². The van der Waals surface area contributed by atoms with Gasteiger partial charge in [-0.2, -0.15) is 8.42 Å². The zero-order chi connectivity index (χ0) is 19.5. The lowest BCUT2D eigenvalue weighted by Gasteiger charge is -2.32. The van der Waals surface area contributed by atoms with Crippen LogP contribution in [0.1, 0.15) is 52.7 Å². The molecule has 6 nitrogen and oxygen atoms in total. The van der Waals surface area contributed by atoms with E-state index < -0.39 is 33.6 Å². The molecule has 0 radical (unpaired) electrons. The van der Waals surface area contributed by atoms with Crippen LogP contribution in [0.4, 0.5) is 0 Å². The molecule has 2 aliphatic rings. The Labute approximate surface area is 156 Å². The van der Waals surface area contributed by atoms with Gasteiger partial charge in [-0.3, -0.25) is 0 Å². The minimum Gasteiger partial charge on any atom is -0.399 e. The van der Waals surface area contributed by atoms with Crippen LogP contribution < -0.4 is 5.46 Å².